The van der Waals surface area contributed by atoms with Crippen molar-refractivity contribution >= 4 is 0 Å². The number of nitrogens with zero attached hydrogens (tertiary/aromatic N) is 2. The zero-order valence-electron chi connectivity index (χ0n) is 10.1. The Bertz CT molecular complexity index is 340. The average Bonchev–Trinajstić information content (AvgIpc) is 2.18. The number of allylic oxidation sites excluding steroid dienone is 1. The lowest BCUT2D eigenvalue weighted by Gasteiger charge is -2.10. The molecule has 2 heteroatoms. The number of hydrogen-bond acceptors (Lipinski definition) is 2. The van der Waals surface area contributed by atoms with Crippen LogP contribution >= 0.6 is 0 Å². The highest BCUT2D eigenvalue weighted by Gasteiger charge is 2.06. The van der Waals surface area contributed by atoms with E-state index in [1.54, 1.807) is 0 Å². The Morgan fingerprint density at radius 1 is 1.33 bits per heavy atom. The second-order valence-electron chi connectivity index (χ2n) is 4.63. The van der Waals surface area contributed by atoms with Crippen molar-refractivity contribution in [2.24, 2.45) is 5.92 Å². The molecule has 0 aliphatic rings. The van der Waals surface area contributed by atoms with Crippen LogP contribution in [0.4, 0.5) is 0 Å². The van der Waals surface area contributed by atoms with Gasteiger partial charge in [-0.25, -0.2) is 0 Å². The predicted octanol–water partition coefficient (Wildman–Crippen LogP) is 3.35. The Labute approximate surface area is 92.4 Å². The number of aromatic nitrogens is 2. The van der Waals surface area contributed by atoms with Crippen molar-refractivity contribution in [3.63, 3.8) is 0 Å². The summed E-state index contributed by atoms with van der Waals surface area (Å²) in [5.41, 5.74) is 3.52. The zero-order chi connectivity index (χ0) is 11.4. The summed E-state index contributed by atoms with van der Waals surface area (Å²) in [7, 11) is 0. The van der Waals surface area contributed by atoms with E-state index in [4.69, 9.17) is 0 Å². The number of hydrogen-bond donors (Lipinski definition) is 0. The van der Waals surface area contributed by atoms with Crippen LogP contribution in [0.15, 0.2) is 24.4 Å². The predicted molar refractivity (Wildman–Crippen MR) is 63.8 cm³/mol. The van der Waals surface area contributed by atoms with E-state index in [1.807, 2.05) is 6.20 Å². The Morgan fingerprint density at radius 3 is 2.53 bits per heavy atom. The summed E-state index contributed by atoms with van der Waals surface area (Å²) in [5, 5.41) is 8.14. The Kier molecular flexibility index (Phi) is 4.01. The van der Waals surface area contributed by atoms with Gasteiger partial charge in [-0.3, -0.25) is 0 Å². The number of rotatable bonds is 4. The maximum Gasteiger partial charge on any atom is 0.0659 e. The van der Waals surface area contributed by atoms with E-state index in [-0.39, 0.29) is 0 Å². The summed E-state index contributed by atoms with van der Waals surface area (Å²) in [6.45, 7) is 12.7. The Balaban J connectivity index is 2.78. The lowest BCUT2D eigenvalue weighted by atomic mass is 9.97. The molecule has 0 radical (unpaired) electrons. The molecule has 0 aliphatic heterocycles. The van der Waals surface area contributed by atoms with E-state index in [0.29, 0.717) is 11.8 Å². The highest BCUT2D eigenvalue weighted by molar-refractivity contribution is 5.20. The first-order chi connectivity index (χ1) is 7.00. The molecule has 0 saturated heterocycles. The average molecular weight is 204 g/mol. The highest BCUT2D eigenvalue weighted by Crippen LogP contribution is 2.16. The van der Waals surface area contributed by atoms with Gasteiger partial charge in [-0.05, 0) is 29.9 Å². The molecule has 0 saturated carbocycles. The third-order valence-electron chi connectivity index (χ3n) is 2.57. The highest BCUT2D eigenvalue weighted by atomic mass is 15.1. The first-order valence-corrected chi connectivity index (χ1v) is 5.50. The quantitative estimate of drug-likeness (QED) is 0.703. The molecule has 0 fully saturated rings. The van der Waals surface area contributed by atoms with Crippen molar-refractivity contribution in [1.29, 1.82) is 0 Å². The van der Waals surface area contributed by atoms with Crippen LogP contribution < -0.4 is 0 Å². The van der Waals surface area contributed by atoms with Crippen LogP contribution in [0.25, 0.3) is 0 Å². The van der Waals surface area contributed by atoms with E-state index in [1.165, 1.54) is 11.1 Å². The molecule has 0 bridgehead atoms. The molecule has 0 aromatic carbocycles. The third-order valence-corrected chi connectivity index (χ3v) is 2.57. The van der Waals surface area contributed by atoms with Crippen molar-refractivity contribution in [3.05, 3.63) is 35.7 Å². The lowest BCUT2D eigenvalue weighted by Crippen LogP contribution is -2.01. The minimum Gasteiger partial charge on any atom is -0.159 e. The summed E-state index contributed by atoms with van der Waals surface area (Å²) in [6.07, 6.45) is 2.74. The standard InChI is InChI=1S/C13H20N2/c1-9(2)11(5)6-12-7-13(10(3)4)15-14-8-12/h7-10H,5-6H2,1-4H3. The van der Waals surface area contributed by atoms with Crippen molar-refractivity contribution in [2.75, 3.05) is 0 Å². The summed E-state index contributed by atoms with van der Waals surface area (Å²) >= 11 is 0. The van der Waals surface area contributed by atoms with Crippen LogP contribution in [0.2, 0.25) is 0 Å². The molecule has 1 heterocycles. The maximum absolute atomic E-state index is 4.11. The molecular weight excluding hydrogens is 184 g/mol. The van der Waals surface area contributed by atoms with Gasteiger partial charge in [0.05, 0.1) is 11.9 Å². The molecule has 2 nitrogen and oxygen atoms in total. The van der Waals surface area contributed by atoms with E-state index < -0.39 is 0 Å². The van der Waals surface area contributed by atoms with Gasteiger partial charge in [0, 0.05) is 0 Å². The molecule has 0 spiro atoms. The third kappa shape index (κ3) is 3.46. The van der Waals surface area contributed by atoms with Crippen LogP contribution in [0.1, 0.15) is 44.9 Å². The SMILES string of the molecule is C=C(Cc1cnnc(C(C)C)c1)C(C)C. The van der Waals surface area contributed by atoms with Gasteiger partial charge in [-0.15, -0.1) is 0 Å². The van der Waals surface area contributed by atoms with Gasteiger partial charge in [-0.1, -0.05) is 39.8 Å². The molecule has 15 heavy (non-hydrogen) atoms. The normalized spacial score (nSPS) is 11.1. The molecule has 0 amide bonds. The van der Waals surface area contributed by atoms with E-state index in [2.05, 4.69) is 50.5 Å². The zero-order valence-corrected chi connectivity index (χ0v) is 10.1. The van der Waals surface area contributed by atoms with Gasteiger partial charge in [0.1, 0.15) is 0 Å². The Hall–Kier alpha value is -1.18. The lowest BCUT2D eigenvalue weighted by molar-refractivity contribution is 0.735. The minimum atomic E-state index is 0.435. The topological polar surface area (TPSA) is 25.8 Å². The molecule has 0 unspecified atom stereocenters. The van der Waals surface area contributed by atoms with Crippen molar-refractivity contribution in [1.82, 2.24) is 10.2 Å². The molecular formula is C13H20N2. The first-order valence-electron chi connectivity index (χ1n) is 5.50. The van der Waals surface area contributed by atoms with Gasteiger partial charge >= 0.3 is 0 Å². The molecule has 1 aromatic heterocycles. The summed E-state index contributed by atoms with van der Waals surface area (Å²) in [6, 6.07) is 2.13. The van der Waals surface area contributed by atoms with E-state index in [0.717, 1.165) is 12.1 Å². The molecule has 82 valence electrons. The van der Waals surface area contributed by atoms with Crippen LogP contribution in [-0.2, 0) is 6.42 Å². The molecule has 0 atom stereocenters. The van der Waals surface area contributed by atoms with Gasteiger partial charge < -0.3 is 0 Å². The van der Waals surface area contributed by atoms with Crippen molar-refractivity contribution < 1.29 is 0 Å². The molecule has 1 rings (SSSR count). The van der Waals surface area contributed by atoms with Crippen molar-refractivity contribution in [3.8, 4) is 0 Å². The largest absolute Gasteiger partial charge is 0.159 e. The molecule has 1 aromatic rings. The fourth-order valence-electron chi connectivity index (χ4n) is 1.27. The van der Waals surface area contributed by atoms with Crippen LogP contribution in [0.3, 0.4) is 0 Å². The summed E-state index contributed by atoms with van der Waals surface area (Å²) in [5.74, 6) is 0.963. The second-order valence-corrected chi connectivity index (χ2v) is 4.63. The van der Waals surface area contributed by atoms with E-state index >= 15 is 0 Å². The van der Waals surface area contributed by atoms with Gasteiger partial charge in [0.15, 0.2) is 0 Å². The summed E-state index contributed by atoms with van der Waals surface area (Å²) < 4.78 is 0. The monoisotopic (exact) mass is 204 g/mol. The van der Waals surface area contributed by atoms with Gasteiger partial charge in [-0.2, -0.15) is 10.2 Å². The van der Waals surface area contributed by atoms with Crippen LogP contribution in [-0.4, -0.2) is 10.2 Å². The van der Waals surface area contributed by atoms with E-state index in [9.17, 15) is 0 Å². The second kappa shape index (κ2) is 5.06. The molecule has 0 aliphatic carbocycles. The Morgan fingerprint density at radius 2 is 2.00 bits per heavy atom. The minimum absolute atomic E-state index is 0.435. The van der Waals surface area contributed by atoms with Crippen LogP contribution in [0.5, 0.6) is 0 Å². The van der Waals surface area contributed by atoms with Gasteiger partial charge in [0.25, 0.3) is 0 Å². The summed E-state index contributed by atoms with van der Waals surface area (Å²) in [4.78, 5) is 0. The van der Waals surface area contributed by atoms with Gasteiger partial charge in [0.2, 0.25) is 0 Å². The maximum atomic E-state index is 4.11. The molecule has 0 N–H and O–H groups in total. The van der Waals surface area contributed by atoms with Crippen LogP contribution in [0, 0.1) is 5.92 Å². The first kappa shape index (κ1) is 11.9. The van der Waals surface area contributed by atoms with Crippen molar-refractivity contribution in [2.45, 2.75) is 40.0 Å². The smallest absolute Gasteiger partial charge is 0.0659 e. The fraction of sp³-hybridized carbons (Fsp3) is 0.538. The fourth-order valence-corrected chi connectivity index (χ4v) is 1.27.